The number of hydrogen-bond donors (Lipinski definition) is 0. The van der Waals surface area contributed by atoms with Crippen molar-refractivity contribution in [1.29, 1.82) is 0 Å². The van der Waals surface area contributed by atoms with Crippen molar-refractivity contribution in [1.82, 2.24) is 0 Å². The number of ether oxygens (including phenoxy) is 2. The number of carbonyl (C=O) groups excluding carboxylic acids is 2. The minimum atomic E-state index is -1.67. The molecule has 0 fully saturated rings. The lowest BCUT2D eigenvalue weighted by molar-refractivity contribution is -0.146. The van der Waals surface area contributed by atoms with E-state index in [1.165, 1.54) is 0 Å². The molecule has 8 heteroatoms. The van der Waals surface area contributed by atoms with E-state index in [4.69, 9.17) is 9.47 Å². The van der Waals surface area contributed by atoms with E-state index in [0.717, 1.165) is 0 Å². The fourth-order valence-corrected chi connectivity index (χ4v) is 26.6. The van der Waals surface area contributed by atoms with E-state index in [1.54, 1.807) is 0 Å². The van der Waals surface area contributed by atoms with Crippen LogP contribution in [0.3, 0.4) is 0 Å². The van der Waals surface area contributed by atoms with Gasteiger partial charge in [0.1, 0.15) is 0 Å². The minimum Gasteiger partial charge on any atom is -0.470 e. The molecule has 0 amide bonds. The highest BCUT2D eigenvalue weighted by molar-refractivity contribution is 6.96. The van der Waals surface area contributed by atoms with Gasteiger partial charge in [-0.25, -0.2) is 4.79 Å². The monoisotopic (exact) mass is 446 g/mol. The molecule has 4 nitrogen and oxygen atoms in total. The van der Waals surface area contributed by atoms with Gasteiger partial charge in [-0.05, 0) is 0 Å². The highest BCUT2D eigenvalue weighted by Gasteiger charge is 2.42. The summed E-state index contributed by atoms with van der Waals surface area (Å²) in [7, 11) is -6.66. The first-order chi connectivity index (χ1) is 11.7. The third kappa shape index (κ3) is 9.06. The van der Waals surface area contributed by atoms with Gasteiger partial charge >= 0.3 is 11.9 Å². The Labute approximate surface area is 171 Å². The smallest absolute Gasteiger partial charge is 0.333 e. The van der Waals surface area contributed by atoms with Crippen LogP contribution in [0.1, 0.15) is 6.42 Å². The summed E-state index contributed by atoms with van der Waals surface area (Å²) in [5.74, 6) is -0.802. The fraction of sp³-hybridized carbons (Fsp3) is 0.789. The summed E-state index contributed by atoms with van der Waals surface area (Å²) in [5, 5.41) is 0.0000166. The van der Waals surface area contributed by atoms with Crippen molar-refractivity contribution < 1.29 is 19.1 Å². The predicted octanol–water partition coefficient (Wildman–Crippen LogP) is 5.27. The Morgan fingerprint density at radius 3 is 1.26 bits per heavy atom. The van der Waals surface area contributed by atoms with Crippen LogP contribution in [0.15, 0.2) is 12.2 Å². The van der Waals surface area contributed by atoms with Crippen LogP contribution in [0.2, 0.25) is 78.6 Å². The van der Waals surface area contributed by atoms with Crippen molar-refractivity contribution in [3.63, 3.8) is 0 Å². The Bertz CT molecular complexity index is 532. The molecule has 0 unspecified atom stereocenters. The lowest BCUT2D eigenvalue weighted by Gasteiger charge is -2.38. The highest BCUT2D eigenvalue weighted by atomic mass is 28.4. The molecular formula is C19H42O4Si4. The Balaban J connectivity index is 5.12. The van der Waals surface area contributed by atoms with Gasteiger partial charge in [-0.1, -0.05) is 85.1 Å². The molecule has 0 aromatic heterocycles. The van der Waals surface area contributed by atoms with Crippen molar-refractivity contribution in [2.45, 2.75) is 95.7 Å². The lowest BCUT2D eigenvalue weighted by Crippen LogP contribution is -2.56. The molecule has 0 aliphatic rings. The molecule has 0 spiro atoms. The van der Waals surface area contributed by atoms with Gasteiger partial charge in [0.2, 0.25) is 0 Å². The van der Waals surface area contributed by atoms with Gasteiger partial charge in [0.15, 0.2) is 0 Å². The average molecular weight is 447 g/mol. The lowest BCUT2D eigenvalue weighted by atomic mass is 10.2. The third-order valence-electron chi connectivity index (χ3n) is 4.27. The van der Waals surface area contributed by atoms with Gasteiger partial charge in [-0.3, -0.25) is 4.79 Å². The van der Waals surface area contributed by atoms with Gasteiger partial charge < -0.3 is 9.47 Å². The van der Waals surface area contributed by atoms with Crippen LogP contribution in [0.4, 0.5) is 0 Å². The van der Waals surface area contributed by atoms with Crippen molar-refractivity contribution in [2.24, 2.45) is 0 Å². The molecule has 0 aromatic rings. The maximum absolute atomic E-state index is 12.6. The Morgan fingerprint density at radius 2 is 0.963 bits per heavy atom. The van der Waals surface area contributed by atoms with Gasteiger partial charge in [0.25, 0.3) is 0 Å². The van der Waals surface area contributed by atoms with E-state index in [-0.39, 0.29) is 28.7 Å². The molecule has 0 rings (SSSR count). The van der Waals surface area contributed by atoms with E-state index in [0.29, 0.717) is 0 Å². The van der Waals surface area contributed by atoms with Gasteiger partial charge in [-0.15, -0.1) is 0 Å². The molecule has 27 heavy (non-hydrogen) atoms. The minimum absolute atomic E-state index is 0.0121. The van der Waals surface area contributed by atoms with Gasteiger partial charge in [0, 0.05) is 5.57 Å². The molecule has 0 saturated carbocycles. The average Bonchev–Trinajstić information content (AvgIpc) is 2.36. The second-order valence-corrected chi connectivity index (χ2v) is 34.1. The Hall–Kier alpha value is -0.452. The summed E-state index contributed by atoms with van der Waals surface area (Å²) in [5.41, 5.74) is 0.200. The van der Waals surface area contributed by atoms with Crippen LogP contribution in [0.5, 0.6) is 0 Å². The maximum atomic E-state index is 12.6. The summed E-state index contributed by atoms with van der Waals surface area (Å²) in [4.78, 5) is 25.1. The topological polar surface area (TPSA) is 52.6 Å². The zero-order chi connectivity index (χ0) is 22.0. The Kier molecular flexibility index (Phi) is 8.77. The first-order valence-electron chi connectivity index (χ1n) is 9.75. The summed E-state index contributed by atoms with van der Waals surface area (Å²) in [6.45, 7) is 30.4. The molecule has 0 aromatic carbocycles. The number of esters is 2. The molecule has 0 saturated heterocycles. The maximum Gasteiger partial charge on any atom is 0.333 e. The largest absolute Gasteiger partial charge is 0.470 e. The first-order valence-corrected chi connectivity index (χ1v) is 24.1. The first kappa shape index (κ1) is 26.5. The van der Waals surface area contributed by atoms with Crippen LogP contribution >= 0.6 is 0 Å². The number of rotatable bonds is 9. The summed E-state index contributed by atoms with van der Waals surface area (Å²) in [6, 6.07) is 0. The zero-order valence-electron chi connectivity index (χ0n) is 19.7. The Morgan fingerprint density at radius 1 is 0.667 bits per heavy atom. The molecule has 0 atom stereocenters. The molecule has 158 valence electrons. The zero-order valence-corrected chi connectivity index (χ0v) is 23.7. The van der Waals surface area contributed by atoms with Crippen LogP contribution in [0.25, 0.3) is 0 Å². The number of carbonyl (C=O) groups is 2. The normalized spacial score (nSPS) is 13.7. The van der Waals surface area contributed by atoms with Crippen molar-refractivity contribution >= 4 is 44.2 Å². The predicted molar refractivity (Wildman–Crippen MR) is 127 cm³/mol. The van der Waals surface area contributed by atoms with E-state index in [2.05, 4.69) is 85.1 Å². The molecule has 0 N–H and O–H groups in total. The molecular weight excluding hydrogens is 405 g/mol. The van der Waals surface area contributed by atoms with Gasteiger partial charge in [0.05, 0.1) is 49.4 Å². The molecule has 0 radical (unpaired) electrons. The van der Waals surface area contributed by atoms with E-state index < -0.39 is 38.3 Å². The van der Waals surface area contributed by atoms with Crippen LogP contribution in [-0.2, 0) is 19.1 Å². The quantitative estimate of drug-likeness (QED) is 0.275. The summed E-state index contributed by atoms with van der Waals surface area (Å²) in [6.07, 6.45) is -0.0889. The third-order valence-corrected chi connectivity index (χ3v) is 21.4. The van der Waals surface area contributed by atoms with Crippen LogP contribution in [0, 0.1) is 0 Å². The summed E-state index contributed by atoms with van der Waals surface area (Å²) < 4.78 is 11.7. The fourth-order valence-electron chi connectivity index (χ4n) is 3.92. The molecule has 0 aliphatic carbocycles. The number of hydrogen-bond acceptors (Lipinski definition) is 4. The van der Waals surface area contributed by atoms with E-state index in [9.17, 15) is 9.59 Å². The van der Waals surface area contributed by atoms with Crippen molar-refractivity contribution in [2.75, 3.05) is 0 Å². The molecule has 0 bridgehead atoms. The van der Waals surface area contributed by atoms with Crippen LogP contribution in [-0.4, -0.2) is 54.9 Å². The SMILES string of the molecule is C=C(CC(=O)OC([Si](C)(C)C)[Si](C)(C)C)C(=O)OC([Si](C)(C)C)[Si](C)(C)C. The van der Waals surface area contributed by atoms with E-state index >= 15 is 0 Å². The van der Waals surface area contributed by atoms with Crippen molar-refractivity contribution in [3.05, 3.63) is 12.2 Å². The second kappa shape index (κ2) is 8.92. The second-order valence-electron chi connectivity index (χ2n) is 11.9. The van der Waals surface area contributed by atoms with Crippen LogP contribution < -0.4 is 0 Å². The molecule has 0 aliphatic heterocycles. The van der Waals surface area contributed by atoms with E-state index in [1.807, 2.05) is 0 Å². The summed E-state index contributed by atoms with van der Waals surface area (Å²) >= 11 is 0. The van der Waals surface area contributed by atoms with Gasteiger partial charge in [-0.2, -0.15) is 0 Å². The van der Waals surface area contributed by atoms with Crippen molar-refractivity contribution in [3.8, 4) is 0 Å². The standard InChI is InChI=1S/C19H42O4Si4/c1-15(17(21)23-19(26(8,9)10)27(11,12)13)14-16(20)22-18(24(2,3)4)25(5,6)7/h18-19H,1,14H2,2-13H3. The highest BCUT2D eigenvalue weighted by Crippen LogP contribution is 2.25. The molecule has 0 heterocycles.